The molecule has 0 radical (unpaired) electrons. The summed E-state index contributed by atoms with van der Waals surface area (Å²) in [5.41, 5.74) is 3.13. The molecule has 0 aliphatic carbocycles. The van der Waals surface area contributed by atoms with Gasteiger partial charge in [0.2, 0.25) is 0 Å². The lowest BCUT2D eigenvalue weighted by atomic mass is 10.1. The van der Waals surface area contributed by atoms with Crippen LogP contribution in [0.25, 0.3) is 11.4 Å². The minimum atomic E-state index is -0.475. The first-order chi connectivity index (χ1) is 14.0. The predicted molar refractivity (Wildman–Crippen MR) is 102 cm³/mol. The maximum absolute atomic E-state index is 12.7. The SMILES string of the molecule is Cc1ccc(-n2cnnn2)cc1NC(=O)c1cnn(-c2ccc([N+](=O)[O-])cc2)c1. The highest BCUT2D eigenvalue weighted by molar-refractivity contribution is 6.04. The van der Waals surface area contributed by atoms with Gasteiger partial charge in [0.25, 0.3) is 11.6 Å². The number of carbonyl (C=O) groups is 1. The normalized spacial score (nSPS) is 10.7. The minimum absolute atomic E-state index is 0.0168. The molecule has 0 aliphatic heterocycles. The van der Waals surface area contributed by atoms with Gasteiger partial charge in [0, 0.05) is 24.0 Å². The zero-order valence-corrected chi connectivity index (χ0v) is 15.1. The van der Waals surface area contributed by atoms with Crippen LogP contribution in [0.3, 0.4) is 0 Å². The van der Waals surface area contributed by atoms with E-state index < -0.39 is 4.92 Å². The van der Waals surface area contributed by atoms with E-state index in [1.54, 1.807) is 24.4 Å². The number of non-ortho nitro benzene ring substituents is 1. The van der Waals surface area contributed by atoms with Crippen molar-refractivity contribution in [1.82, 2.24) is 30.0 Å². The highest BCUT2D eigenvalue weighted by Crippen LogP contribution is 2.20. The van der Waals surface area contributed by atoms with Crippen LogP contribution in [0.2, 0.25) is 0 Å². The fourth-order valence-electron chi connectivity index (χ4n) is 2.67. The Hall–Kier alpha value is -4.41. The number of hydrogen-bond acceptors (Lipinski definition) is 7. The summed E-state index contributed by atoms with van der Waals surface area (Å²) < 4.78 is 2.96. The molecule has 0 spiro atoms. The molecular formula is C18H14N8O3. The van der Waals surface area contributed by atoms with Crippen molar-refractivity contribution >= 4 is 17.3 Å². The van der Waals surface area contributed by atoms with E-state index in [4.69, 9.17) is 0 Å². The summed E-state index contributed by atoms with van der Waals surface area (Å²) in [4.78, 5) is 22.9. The summed E-state index contributed by atoms with van der Waals surface area (Å²) in [7, 11) is 0. The first-order valence-electron chi connectivity index (χ1n) is 8.46. The molecule has 2 aromatic carbocycles. The monoisotopic (exact) mass is 390 g/mol. The molecule has 0 atom stereocenters. The van der Waals surface area contributed by atoms with Crippen LogP contribution in [0.15, 0.2) is 61.2 Å². The summed E-state index contributed by atoms with van der Waals surface area (Å²) in [5, 5.41) is 28.8. The van der Waals surface area contributed by atoms with Crippen molar-refractivity contribution < 1.29 is 9.72 Å². The average molecular weight is 390 g/mol. The van der Waals surface area contributed by atoms with E-state index in [0.717, 1.165) is 5.56 Å². The number of nitro groups is 1. The number of nitrogens with zero attached hydrogens (tertiary/aromatic N) is 7. The van der Waals surface area contributed by atoms with Crippen molar-refractivity contribution in [2.24, 2.45) is 0 Å². The molecular weight excluding hydrogens is 376 g/mol. The van der Waals surface area contributed by atoms with Gasteiger partial charge >= 0.3 is 0 Å². The van der Waals surface area contributed by atoms with Crippen LogP contribution in [0, 0.1) is 17.0 Å². The number of aryl methyl sites for hydroxylation is 1. The molecule has 29 heavy (non-hydrogen) atoms. The number of nitrogens with one attached hydrogen (secondary N) is 1. The molecule has 0 bridgehead atoms. The number of benzene rings is 2. The number of tetrazole rings is 1. The second-order valence-electron chi connectivity index (χ2n) is 6.15. The largest absolute Gasteiger partial charge is 0.322 e. The summed E-state index contributed by atoms with van der Waals surface area (Å²) in [5.74, 6) is -0.338. The maximum Gasteiger partial charge on any atom is 0.269 e. The second-order valence-corrected chi connectivity index (χ2v) is 6.15. The van der Waals surface area contributed by atoms with Gasteiger partial charge in [-0.2, -0.15) is 5.10 Å². The molecule has 0 saturated heterocycles. The highest BCUT2D eigenvalue weighted by Gasteiger charge is 2.13. The van der Waals surface area contributed by atoms with Crippen LogP contribution in [-0.2, 0) is 0 Å². The summed E-state index contributed by atoms with van der Waals surface area (Å²) in [6.07, 6.45) is 4.44. The van der Waals surface area contributed by atoms with Crippen molar-refractivity contribution in [1.29, 1.82) is 0 Å². The topological polar surface area (TPSA) is 134 Å². The lowest BCUT2D eigenvalue weighted by Gasteiger charge is -2.09. The zero-order chi connectivity index (χ0) is 20.4. The number of hydrogen-bond donors (Lipinski definition) is 1. The second kappa shape index (κ2) is 7.31. The fourth-order valence-corrected chi connectivity index (χ4v) is 2.67. The van der Waals surface area contributed by atoms with Gasteiger partial charge in [-0.25, -0.2) is 9.36 Å². The molecule has 4 rings (SSSR count). The molecule has 1 N–H and O–H groups in total. The Morgan fingerprint density at radius 3 is 2.55 bits per heavy atom. The molecule has 11 heteroatoms. The molecule has 0 unspecified atom stereocenters. The average Bonchev–Trinajstić information content (AvgIpc) is 3.42. The zero-order valence-electron chi connectivity index (χ0n) is 15.1. The Morgan fingerprint density at radius 2 is 1.86 bits per heavy atom. The quantitative estimate of drug-likeness (QED) is 0.408. The molecule has 144 valence electrons. The van der Waals surface area contributed by atoms with Gasteiger partial charge in [-0.05, 0) is 47.2 Å². The Morgan fingerprint density at radius 1 is 1.10 bits per heavy atom. The predicted octanol–water partition coefficient (Wildman–Crippen LogP) is 2.32. The van der Waals surface area contributed by atoms with Gasteiger partial charge in [-0.15, -0.1) is 5.10 Å². The highest BCUT2D eigenvalue weighted by atomic mass is 16.6. The summed E-state index contributed by atoms with van der Waals surface area (Å²) in [6.45, 7) is 1.87. The maximum atomic E-state index is 12.7. The fraction of sp³-hybridized carbons (Fsp3) is 0.0556. The molecule has 0 fully saturated rings. The number of carbonyl (C=O) groups excluding carboxylic acids is 1. The van der Waals surface area contributed by atoms with Crippen molar-refractivity contribution in [3.05, 3.63) is 82.4 Å². The van der Waals surface area contributed by atoms with Crippen LogP contribution < -0.4 is 5.32 Å². The number of aromatic nitrogens is 6. The van der Waals surface area contributed by atoms with E-state index in [2.05, 4.69) is 25.9 Å². The first kappa shape index (κ1) is 18.0. The van der Waals surface area contributed by atoms with Crippen LogP contribution in [0.4, 0.5) is 11.4 Å². The molecule has 4 aromatic rings. The van der Waals surface area contributed by atoms with Gasteiger partial charge in [0.05, 0.1) is 28.1 Å². The van der Waals surface area contributed by atoms with Crippen molar-refractivity contribution in [3.63, 3.8) is 0 Å². The van der Waals surface area contributed by atoms with Gasteiger partial charge in [0.15, 0.2) is 0 Å². The van der Waals surface area contributed by atoms with Crippen LogP contribution in [0.1, 0.15) is 15.9 Å². The summed E-state index contributed by atoms with van der Waals surface area (Å²) >= 11 is 0. The Bertz CT molecular complexity index is 1180. The molecule has 0 aliphatic rings. The molecule has 2 heterocycles. The van der Waals surface area contributed by atoms with Gasteiger partial charge < -0.3 is 5.32 Å². The Labute approximate surface area is 163 Å². The third-order valence-corrected chi connectivity index (χ3v) is 4.25. The van der Waals surface area contributed by atoms with Crippen LogP contribution >= 0.6 is 0 Å². The first-order valence-corrected chi connectivity index (χ1v) is 8.46. The standard InChI is InChI=1S/C18H14N8O3/c1-12-2-3-16(25-11-19-22-23-25)8-17(12)21-18(27)13-9-20-24(10-13)14-4-6-15(7-5-14)26(28)29/h2-11H,1H3,(H,21,27). The smallest absolute Gasteiger partial charge is 0.269 e. The minimum Gasteiger partial charge on any atom is -0.322 e. The van der Waals surface area contributed by atoms with E-state index in [0.29, 0.717) is 22.6 Å². The van der Waals surface area contributed by atoms with Crippen molar-refractivity contribution in [3.8, 4) is 11.4 Å². The number of anilines is 1. The Balaban J connectivity index is 1.54. The number of amides is 1. The number of rotatable bonds is 5. The van der Waals surface area contributed by atoms with E-state index in [1.165, 1.54) is 34.0 Å². The van der Waals surface area contributed by atoms with E-state index >= 15 is 0 Å². The molecule has 0 saturated carbocycles. The van der Waals surface area contributed by atoms with Crippen LogP contribution in [0.5, 0.6) is 0 Å². The van der Waals surface area contributed by atoms with E-state index in [-0.39, 0.29) is 11.6 Å². The lowest BCUT2D eigenvalue weighted by molar-refractivity contribution is -0.384. The third kappa shape index (κ3) is 3.69. The molecule has 1 amide bonds. The Kier molecular flexibility index (Phi) is 4.53. The number of nitro benzene ring substituents is 1. The van der Waals surface area contributed by atoms with Crippen molar-refractivity contribution in [2.75, 3.05) is 5.32 Å². The van der Waals surface area contributed by atoms with Crippen molar-refractivity contribution in [2.45, 2.75) is 6.92 Å². The van der Waals surface area contributed by atoms with E-state index in [1.807, 2.05) is 19.1 Å². The van der Waals surface area contributed by atoms with Crippen LogP contribution in [-0.4, -0.2) is 40.8 Å². The van der Waals surface area contributed by atoms with Gasteiger partial charge in [-0.1, -0.05) is 6.07 Å². The third-order valence-electron chi connectivity index (χ3n) is 4.25. The van der Waals surface area contributed by atoms with E-state index in [9.17, 15) is 14.9 Å². The molecule has 2 aromatic heterocycles. The molecule has 11 nitrogen and oxygen atoms in total. The van der Waals surface area contributed by atoms with Gasteiger partial charge in [0.1, 0.15) is 6.33 Å². The lowest BCUT2D eigenvalue weighted by Crippen LogP contribution is -2.12. The summed E-state index contributed by atoms with van der Waals surface area (Å²) in [6, 6.07) is 11.3. The van der Waals surface area contributed by atoms with Gasteiger partial charge in [-0.3, -0.25) is 14.9 Å².